The van der Waals surface area contributed by atoms with Crippen molar-refractivity contribution in [1.82, 2.24) is 9.88 Å². The molecule has 1 aliphatic carbocycles. The molecule has 2 N–H and O–H groups in total. The van der Waals surface area contributed by atoms with Gasteiger partial charge in [0.25, 0.3) is 5.91 Å². The van der Waals surface area contributed by atoms with Crippen molar-refractivity contribution in [2.45, 2.75) is 51.5 Å². The maximum absolute atomic E-state index is 13.3. The van der Waals surface area contributed by atoms with Gasteiger partial charge in [-0.25, -0.2) is 0 Å². The number of benzene rings is 1. The van der Waals surface area contributed by atoms with E-state index in [1.54, 1.807) is 0 Å². The standard InChI is InChI=1S/C20H25N3O.2ClH/c1-12-8-13(2)19-16(9-12)17(10-18(22-19)14-5-6-14)20(24)23-7-3-4-15(23)11-21;;/h8-10,14-15H,3-7,11,21H2,1-2H3;2*1H. The van der Waals surface area contributed by atoms with Crippen molar-refractivity contribution in [3.8, 4) is 0 Å². The minimum Gasteiger partial charge on any atom is -0.334 e. The Labute approximate surface area is 167 Å². The highest BCUT2D eigenvalue weighted by molar-refractivity contribution is 6.07. The van der Waals surface area contributed by atoms with Gasteiger partial charge in [-0.1, -0.05) is 11.6 Å². The summed E-state index contributed by atoms with van der Waals surface area (Å²) in [5.74, 6) is 0.660. The Hall–Kier alpha value is -1.36. The van der Waals surface area contributed by atoms with Crippen LogP contribution in [0.5, 0.6) is 0 Å². The lowest BCUT2D eigenvalue weighted by Gasteiger charge is -2.24. The van der Waals surface area contributed by atoms with Gasteiger partial charge in [0.1, 0.15) is 0 Å². The SMILES string of the molecule is Cc1cc(C)c2nc(C3CC3)cc(C(=O)N3CCCC3CN)c2c1.Cl.Cl. The topological polar surface area (TPSA) is 59.2 Å². The summed E-state index contributed by atoms with van der Waals surface area (Å²) < 4.78 is 0. The van der Waals surface area contributed by atoms with Crippen LogP contribution in [0.3, 0.4) is 0 Å². The number of hydrogen-bond donors (Lipinski definition) is 1. The normalized spacial score (nSPS) is 19.2. The number of rotatable bonds is 3. The van der Waals surface area contributed by atoms with Crippen molar-refractivity contribution >= 4 is 41.6 Å². The Morgan fingerprint density at radius 1 is 1.19 bits per heavy atom. The molecule has 1 aromatic heterocycles. The van der Waals surface area contributed by atoms with Crippen LogP contribution in [0.2, 0.25) is 0 Å². The van der Waals surface area contributed by atoms with Gasteiger partial charge in [0.2, 0.25) is 0 Å². The molecule has 1 atom stereocenters. The first-order valence-electron chi connectivity index (χ1n) is 9.01. The van der Waals surface area contributed by atoms with Gasteiger partial charge in [0, 0.05) is 36.1 Å². The number of carbonyl (C=O) groups excluding carboxylic acids is 1. The molecule has 2 heterocycles. The summed E-state index contributed by atoms with van der Waals surface area (Å²) >= 11 is 0. The third kappa shape index (κ3) is 3.68. The first-order chi connectivity index (χ1) is 11.6. The predicted octanol–water partition coefficient (Wildman–Crippen LogP) is 4.14. The molecular weight excluding hydrogens is 369 g/mol. The number of amides is 1. The van der Waals surface area contributed by atoms with Gasteiger partial charge in [-0.15, -0.1) is 24.8 Å². The average Bonchev–Trinajstić information content (AvgIpc) is 3.30. The maximum Gasteiger partial charge on any atom is 0.254 e. The molecule has 1 unspecified atom stereocenters. The fourth-order valence-electron chi connectivity index (χ4n) is 3.97. The van der Waals surface area contributed by atoms with Crippen LogP contribution in [0.4, 0.5) is 0 Å². The molecule has 1 amide bonds. The minimum atomic E-state index is 0. The van der Waals surface area contributed by atoms with Gasteiger partial charge < -0.3 is 10.6 Å². The number of halogens is 2. The van der Waals surface area contributed by atoms with E-state index in [1.165, 1.54) is 18.4 Å². The van der Waals surface area contributed by atoms with E-state index < -0.39 is 0 Å². The van der Waals surface area contributed by atoms with E-state index in [1.807, 2.05) is 11.0 Å². The predicted molar refractivity (Wildman–Crippen MR) is 111 cm³/mol. The Balaban J connectivity index is 0.00000121. The molecule has 4 nitrogen and oxygen atoms in total. The van der Waals surface area contributed by atoms with Crippen LogP contribution in [0.15, 0.2) is 18.2 Å². The van der Waals surface area contributed by atoms with Crippen molar-refractivity contribution in [2.75, 3.05) is 13.1 Å². The number of nitrogens with zero attached hydrogens (tertiary/aromatic N) is 2. The number of pyridine rings is 1. The van der Waals surface area contributed by atoms with Crippen LogP contribution < -0.4 is 5.73 Å². The number of aromatic nitrogens is 1. The quantitative estimate of drug-likeness (QED) is 0.849. The number of fused-ring (bicyclic) bond motifs is 1. The minimum absolute atomic E-state index is 0. The maximum atomic E-state index is 13.3. The fraction of sp³-hybridized carbons (Fsp3) is 0.500. The zero-order valence-corrected chi connectivity index (χ0v) is 17.0. The van der Waals surface area contributed by atoms with Gasteiger partial charge in [-0.05, 0) is 57.2 Å². The summed E-state index contributed by atoms with van der Waals surface area (Å²) in [5.41, 5.74) is 11.1. The van der Waals surface area contributed by atoms with Crippen LogP contribution in [-0.2, 0) is 0 Å². The summed E-state index contributed by atoms with van der Waals surface area (Å²) in [6.45, 7) is 5.52. The molecule has 6 heteroatoms. The third-order valence-electron chi connectivity index (χ3n) is 5.40. The van der Waals surface area contributed by atoms with Crippen LogP contribution in [-0.4, -0.2) is 34.9 Å². The van der Waals surface area contributed by atoms with Crippen LogP contribution in [0.1, 0.15) is 58.8 Å². The lowest BCUT2D eigenvalue weighted by Crippen LogP contribution is -2.40. The molecule has 4 rings (SSSR count). The Morgan fingerprint density at radius 2 is 1.92 bits per heavy atom. The van der Waals surface area contributed by atoms with E-state index in [-0.39, 0.29) is 36.8 Å². The molecule has 2 aromatic rings. The van der Waals surface area contributed by atoms with Crippen molar-refractivity contribution in [1.29, 1.82) is 0 Å². The lowest BCUT2D eigenvalue weighted by atomic mass is 9.99. The van der Waals surface area contributed by atoms with Gasteiger partial charge in [0.15, 0.2) is 0 Å². The Morgan fingerprint density at radius 3 is 2.58 bits per heavy atom. The second-order valence-electron chi connectivity index (χ2n) is 7.38. The van der Waals surface area contributed by atoms with Crippen molar-refractivity contribution in [3.63, 3.8) is 0 Å². The monoisotopic (exact) mass is 395 g/mol. The number of carbonyl (C=O) groups is 1. The highest BCUT2D eigenvalue weighted by Crippen LogP contribution is 2.41. The summed E-state index contributed by atoms with van der Waals surface area (Å²) in [5, 5.41) is 0.990. The van der Waals surface area contributed by atoms with Crippen molar-refractivity contribution < 1.29 is 4.79 Å². The molecule has 0 radical (unpaired) electrons. The molecule has 142 valence electrons. The van der Waals surface area contributed by atoms with Crippen LogP contribution in [0.25, 0.3) is 10.9 Å². The highest BCUT2D eigenvalue weighted by Gasteiger charge is 2.32. The molecule has 2 fully saturated rings. The molecule has 2 aliphatic rings. The lowest BCUT2D eigenvalue weighted by molar-refractivity contribution is 0.0743. The van der Waals surface area contributed by atoms with E-state index in [0.29, 0.717) is 12.5 Å². The smallest absolute Gasteiger partial charge is 0.254 e. The van der Waals surface area contributed by atoms with Crippen LogP contribution >= 0.6 is 24.8 Å². The van der Waals surface area contributed by atoms with Gasteiger partial charge in [0.05, 0.1) is 11.1 Å². The molecule has 1 aliphatic heterocycles. The second-order valence-corrected chi connectivity index (χ2v) is 7.38. The van der Waals surface area contributed by atoms with E-state index in [2.05, 4.69) is 26.0 Å². The number of likely N-dealkylation sites (tertiary alicyclic amines) is 1. The largest absolute Gasteiger partial charge is 0.334 e. The zero-order chi connectivity index (χ0) is 16.8. The Kier molecular flexibility index (Phi) is 6.54. The molecule has 1 saturated heterocycles. The summed E-state index contributed by atoms with van der Waals surface area (Å²) in [4.78, 5) is 20.2. The van der Waals surface area contributed by atoms with E-state index in [4.69, 9.17) is 10.7 Å². The van der Waals surface area contributed by atoms with Crippen LogP contribution in [0, 0.1) is 13.8 Å². The van der Waals surface area contributed by atoms with Gasteiger partial charge in [-0.3, -0.25) is 9.78 Å². The first kappa shape index (κ1) is 20.9. The molecule has 1 saturated carbocycles. The molecule has 0 bridgehead atoms. The molecular formula is C20H27Cl2N3O. The molecule has 0 spiro atoms. The molecule has 26 heavy (non-hydrogen) atoms. The first-order valence-corrected chi connectivity index (χ1v) is 9.01. The third-order valence-corrected chi connectivity index (χ3v) is 5.40. The highest BCUT2D eigenvalue weighted by atomic mass is 35.5. The van der Waals surface area contributed by atoms with Crippen molar-refractivity contribution in [2.24, 2.45) is 5.73 Å². The number of aryl methyl sites for hydroxylation is 2. The Bertz CT molecular complexity index is 820. The average molecular weight is 396 g/mol. The van der Waals surface area contributed by atoms with E-state index in [0.717, 1.165) is 47.1 Å². The zero-order valence-electron chi connectivity index (χ0n) is 15.3. The number of hydrogen-bond acceptors (Lipinski definition) is 3. The summed E-state index contributed by atoms with van der Waals surface area (Å²) in [6.07, 6.45) is 4.43. The van der Waals surface area contributed by atoms with Gasteiger partial charge in [-0.2, -0.15) is 0 Å². The fourth-order valence-corrected chi connectivity index (χ4v) is 3.97. The van der Waals surface area contributed by atoms with Gasteiger partial charge >= 0.3 is 0 Å². The number of nitrogens with two attached hydrogens (primary N) is 1. The van der Waals surface area contributed by atoms with E-state index in [9.17, 15) is 4.79 Å². The second kappa shape index (κ2) is 8.12. The summed E-state index contributed by atoms with van der Waals surface area (Å²) in [6, 6.07) is 6.48. The summed E-state index contributed by atoms with van der Waals surface area (Å²) in [7, 11) is 0. The molecule has 1 aromatic carbocycles. The van der Waals surface area contributed by atoms with E-state index >= 15 is 0 Å². The van der Waals surface area contributed by atoms with Crippen molar-refractivity contribution in [3.05, 3.63) is 40.6 Å².